The lowest BCUT2D eigenvalue weighted by Crippen LogP contribution is -2.47. The number of nitrogens with zero attached hydrogens (tertiary/aromatic N) is 1. The molecule has 4 nitrogen and oxygen atoms in total. The highest BCUT2D eigenvalue weighted by atomic mass is 16.3. The Bertz CT molecular complexity index is 261. The molecule has 0 radical (unpaired) electrons. The summed E-state index contributed by atoms with van der Waals surface area (Å²) in [5.41, 5.74) is 0. The van der Waals surface area contributed by atoms with Crippen molar-refractivity contribution in [3.05, 3.63) is 0 Å². The van der Waals surface area contributed by atoms with E-state index in [1.807, 2.05) is 4.90 Å². The number of rotatable bonds is 6. The smallest absolute Gasteiger partial charge is 0.317 e. The van der Waals surface area contributed by atoms with Gasteiger partial charge in [-0.15, -0.1) is 0 Å². The maximum absolute atomic E-state index is 12.1. The number of aliphatic hydroxyl groups excluding tert-OH is 1. The molecule has 0 aromatic carbocycles. The molecule has 1 atom stereocenters. The first-order chi connectivity index (χ1) is 9.02. The van der Waals surface area contributed by atoms with E-state index in [1.165, 1.54) is 12.8 Å². The fourth-order valence-electron chi connectivity index (χ4n) is 2.53. The van der Waals surface area contributed by atoms with E-state index in [0.29, 0.717) is 5.92 Å². The molecule has 0 saturated carbocycles. The van der Waals surface area contributed by atoms with Crippen molar-refractivity contribution in [2.24, 2.45) is 11.8 Å². The molecule has 1 heterocycles. The van der Waals surface area contributed by atoms with Crippen molar-refractivity contribution in [3.63, 3.8) is 0 Å². The van der Waals surface area contributed by atoms with Crippen LogP contribution in [0, 0.1) is 11.8 Å². The second kappa shape index (κ2) is 8.41. The van der Waals surface area contributed by atoms with Gasteiger partial charge in [0.2, 0.25) is 0 Å². The van der Waals surface area contributed by atoms with Crippen LogP contribution in [-0.4, -0.2) is 41.8 Å². The zero-order chi connectivity index (χ0) is 14.3. The van der Waals surface area contributed by atoms with E-state index in [0.717, 1.165) is 38.3 Å². The number of nitrogens with one attached hydrogen (secondary N) is 1. The summed E-state index contributed by atoms with van der Waals surface area (Å²) in [5.74, 6) is 1.12. The van der Waals surface area contributed by atoms with Gasteiger partial charge in [-0.25, -0.2) is 4.79 Å². The molecular weight excluding hydrogens is 240 g/mol. The summed E-state index contributed by atoms with van der Waals surface area (Å²) in [6.45, 7) is 8.34. The number of urea groups is 1. The largest absolute Gasteiger partial charge is 0.396 e. The summed E-state index contributed by atoms with van der Waals surface area (Å²) >= 11 is 0. The molecular formula is C15H30N2O2. The zero-order valence-corrected chi connectivity index (χ0v) is 12.7. The first-order valence-electron chi connectivity index (χ1n) is 7.69. The topological polar surface area (TPSA) is 52.6 Å². The van der Waals surface area contributed by atoms with Crippen molar-refractivity contribution in [1.82, 2.24) is 10.2 Å². The average molecular weight is 270 g/mol. The van der Waals surface area contributed by atoms with Crippen LogP contribution in [0.2, 0.25) is 0 Å². The number of likely N-dealkylation sites (tertiary alicyclic amines) is 1. The Morgan fingerprint density at radius 1 is 1.26 bits per heavy atom. The highest BCUT2D eigenvalue weighted by molar-refractivity contribution is 5.74. The molecule has 1 aliphatic heterocycles. The predicted octanol–water partition coefficient (Wildman–Crippen LogP) is 2.62. The minimum absolute atomic E-state index is 0.0634. The van der Waals surface area contributed by atoms with Crippen molar-refractivity contribution in [2.45, 2.75) is 58.9 Å². The third-order valence-electron chi connectivity index (χ3n) is 3.95. The lowest BCUT2D eigenvalue weighted by molar-refractivity contribution is 0.135. The van der Waals surface area contributed by atoms with Gasteiger partial charge in [0.1, 0.15) is 0 Å². The second-order valence-electron chi connectivity index (χ2n) is 6.29. The third-order valence-corrected chi connectivity index (χ3v) is 3.95. The number of carbonyl (C=O) groups is 1. The summed E-state index contributed by atoms with van der Waals surface area (Å²) in [6.07, 6.45) is 5.29. The summed E-state index contributed by atoms with van der Waals surface area (Å²) in [4.78, 5) is 13.9. The molecule has 0 bridgehead atoms. The number of amides is 2. The van der Waals surface area contributed by atoms with E-state index in [4.69, 9.17) is 5.11 Å². The van der Waals surface area contributed by atoms with Gasteiger partial charge in [0.25, 0.3) is 0 Å². The number of aliphatic hydroxyl groups is 1. The standard InChI is InChI=1S/C15H30N2O2/c1-12(2)5-4-6-13(3)16-15(19)17-9-7-14(11-18)8-10-17/h12-14,18H,4-11H2,1-3H3,(H,16,19). The molecule has 4 heteroatoms. The Morgan fingerprint density at radius 2 is 1.89 bits per heavy atom. The predicted molar refractivity (Wildman–Crippen MR) is 78.1 cm³/mol. The molecule has 1 fully saturated rings. The van der Waals surface area contributed by atoms with Crippen LogP contribution in [-0.2, 0) is 0 Å². The van der Waals surface area contributed by atoms with Crippen molar-refractivity contribution in [3.8, 4) is 0 Å². The van der Waals surface area contributed by atoms with Gasteiger partial charge in [-0.05, 0) is 38.0 Å². The van der Waals surface area contributed by atoms with Gasteiger partial charge in [0, 0.05) is 25.7 Å². The minimum Gasteiger partial charge on any atom is -0.396 e. The Kier molecular flexibility index (Phi) is 7.21. The van der Waals surface area contributed by atoms with Gasteiger partial charge in [-0.2, -0.15) is 0 Å². The molecule has 0 aromatic rings. The first-order valence-corrected chi connectivity index (χ1v) is 7.69. The molecule has 1 saturated heterocycles. The van der Waals surface area contributed by atoms with Crippen LogP contribution in [0.1, 0.15) is 52.9 Å². The first kappa shape index (κ1) is 16.3. The highest BCUT2D eigenvalue weighted by Gasteiger charge is 2.22. The summed E-state index contributed by atoms with van der Waals surface area (Å²) < 4.78 is 0. The van der Waals surface area contributed by atoms with Gasteiger partial charge < -0.3 is 15.3 Å². The number of hydrogen-bond acceptors (Lipinski definition) is 2. The maximum Gasteiger partial charge on any atom is 0.317 e. The van der Waals surface area contributed by atoms with Crippen LogP contribution in [0.3, 0.4) is 0 Å². The summed E-state index contributed by atoms with van der Waals surface area (Å²) in [6, 6.07) is 0.315. The highest BCUT2D eigenvalue weighted by Crippen LogP contribution is 2.16. The van der Waals surface area contributed by atoms with E-state index < -0.39 is 0 Å². The lowest BCUT2D eigenvalue weighted by atomic mass is 9.98. The van der Waals surface area contributed by atoms with Crippen LogP contribution < -0.4 is 5.32 Å². The lowest BCUT2D eigenvalue weighted by Gasteiger charge is -2.32. The van der Waals surface area contributed by atoms with E-state index in [2.05, 4.69) is 26.1 Å². The molecule has 0 aromatic heterocycles. The van der Waals surface area contributed by atoms with Gasteiger partial charge in [0.15, 0.2) is 0 Å². The van der Waals surface area contributed by atoms with E-state index in [1.54, 1.807) is 0 Å². The average Bonchev–Trinajstić information content (AvgIpc) is 2.38. The Morgan fingerprint density at radius 3 is 2.42 bits per heavy atom. The van der Waals surface area contributed by atoms with Gasteiger partial charge in [0.05, 0.1) is 0 Å². The Hall–Kier alpha value is -0.770. The number of piperidine rings is 1. The van der Waals surface area contributed by atoms with Crippen LogP contribution >= 0.6 is 0 Å². The normalized spacial score (nSPS) is 18.7. The molecule has 1 aliphatic rings. The fourth-order valence-corrected chi connectivity index (χ4v) is 2.53. The van der Waals surface area contributed by atoms with Crippen molar-refractivity contribution >= 4 is 6.03 Å². The molecule has 0 spiro atoms. The molecule has 1 rings (SSSR count). The monoisotopic (exact) mass is 270 g/mol. The number of carbonyl (C=O) groups excluding carboxylic acids is 1. The third kappa shape index (κ3) is 6.28. The van der Waals surface area contributed by atoms with Gasteiger partial charge in [-0.3, -0.25) is 0 Å². The van der Waals surface area contributed by atoms with Crippen LogP contribution in [0.25, 0.3) is 0 Å². The van der Waals surface area contributed by atoms with Crippen LogP contribution in [0.5, 0.6) is 0 Å². The molecule has 1 unspecified atom stereocenters. The fraction of sp³-hybridized carbons (Fsp3) is 0.933. The summed E-state index contributed by atoms with van der Waals surface area (Å²) in [7, 11) is 0. The van der Waals surface area contributed by atoms with Crippen molar-refractivity contribution < 1.29 is 9.90 Å². The minimum atomic E-state index is 0.0634. The molecule has 0 aliphatic carbocycles. The van der Waals surface area contributed by atoms with Gasteiger partial charge in [-0.1, -0.05) is 26.7 Å². The van der Waals surface area contributed by atoms with Gasteiger partial charge >= 0.3 is 6.03 Å². The zero-order valence-electron chi connectivity index (χ0n) is 12.7. The molecule has 19 heavy (non-hydrogen) atoms. The molecule has 2 amide bonds. The van der Waals surface area contributed by atoms with E-state index in [9.17, 15) is 4.79 Å². The van der Waals surface area contributed by atoms with Crippen LogP contribution in [0.15, 0.2) is 0 Å². The Labute approximate surface area is 117 Å². The van der Waals surface area contributed by atoms with E-state index >= 15 is 0 Å². The second-order valence-corrected chi connectivity index (χ2v) is 6.29. The number of hydrogen-bond donors (Lipinski definition) is 2. The van der Waals surface area contributed by atoms with Crippen LogP contribution in [0.4, 0.5) is 4.79 Å². The SMILES string of the molecule is CC(C)CCCC(C)NC(=O)N1CCC(CO)CC1. The molecule has 112 valence electrons. The quantitative estimate of drug-likeness (QED) is 0.779. The van der Waals surface area contributed by atoms with E-state index in [-0.39, 0.29) is 18.7 Å². The van der Waals surface area contributed by atoms with Crippen molar-refractivity contribution in [1.29, 1.82) is 0 Å². The Balaban J connectivity index is 2.19. The maximum atomic E-state index is 12.1. The van der Waals surface area contributed by atoms with Crippen molar-refractivity contribution in [2.75, 3.05) is 19.7 Å². The summed E-state index contributed by atoms with van der Waals surface area (Å²) in [5, 5.41) is 12.2. The molecule has 2 N–H and O–H groups in total.